The van der Waals surface area contributed by atoms with Crippen molar-refractivity contribution in [1.29, 1.82) is 0 Å². The minimum Gasteiger partial charge on any atom is -0.486 e. The first-order chi connectivity index (χ1) is 11.0. The van der Waals surface area contributed by atoms with E-state index < -0.39 is 16.2 Å². The van der Waals surface area contributed by atoms with Crippen LogP contribution in [0.25, 0.3) is 0 Å². The first-order valence-electron chi connectivity index (χ1n) is 7.46. The number of carbonyl (C=O) groups is 1. The van der Waals surface area contributed by atoms with E-state index in [1.54, 1.807) is 0 Å². The second-order valence-electron chi connectivity index (χ2n) is 6.05. The van der Waals surface area contributed by atoms with Crippen LogP contribution in [0.4, 0.5) is 5.82 Å². The molecule has 0 spiro atoms. The normalized spacial score (nSPS) is 25.8. The van der Waals surface area contributed by atoms with Gasteiger partial charge in [-0.15, -0.1) is 0 Å². The maximum Gasteiger partial charge on any atom is 0.230 e. The lowest BCUT2D eigenvalue weighted by Crippen LogP contribution is -2.52. The van der Waals surface area contributed by atoms with E-state index in [1.807, 2.05) is 0 Å². The van der Waals surface area contributed by atoms with Crippen molar-refractivity contribution in [2.75, 3.05) is 37.5 Å². The average molecular weight is 358 g/mol. The molecule has 23 heavy (non-hydrogen) atoms. The molecule has 0 aromatic carbocycles. The van der Waals surface area contributed by atoms with Crippen LogP contribution in [0, 0.1) is 0 Å². The number of rotatable bonds is 2. The molecule has 7 nitrogen and oxygen atoms in total. The number of nitrogens with zero attached hydrogens (tertiary/aromatic N) is 3. The van der Waals surface area contributed by atoms with E-state index in [2.05, 4.69) is 14.9 Å². The van der Waals surface area contributed by atoms with Gasteiger partial charge in [-0.25, -0.2) is 4.98 Å². The van der Waals surface area contributed by atoms with Gasteiger partial charge >= 0.3 is 0 Å². The topological polar surface area (TPSA) is 81.6 Å². The number of carbonyl (C=O) groups excluding carboxylic acids is 1. The number of anilines is 1. The van der Waals surface area contributed by atoms with Gasteiger partial charge in [-0.1, -0.05) is 0 Å². The van der Waals surface area contributed by atoms with Crippen molar-refractivity contribution in [3.8, 4) is 5.75 Å². The second kappa shape index (κ2) is 5.39. The van der Waals surface area contributed by atoms with Gasteiger partial charge in [-0.3, -0.25) is 9.00 Å². The molecule has 2 fully saturated rings. The summed E-state index contributed by atoms with van der Waals surface area (Å²) < 4.78 is 23.1. The van der Waals surface area contributed by atoms with Crippen LogP contribution in [0.1, 0.15) is 18.5 Å². The van der Waals surface area contributed by atoms with E-state index in [9.17, 15) is 9.00 Å². The quantitative estimate of drug-likeness (QED) is 0.719. The first-order valence-corrected chi connectivity index (χ1v) is 9.39. The third-order valence-corrected chi connectivity index (χ3v) is 5.68. The molecule has 1 aliphatic carbocycles. The lowest BCUT2D eigenvalue weighted by molar-refractivity contribution is -0.113. The van der Waals surface area contributed by atoms with Crippen LogP contribution >= 0.6 is 11.6 Å². The Morgan fingerprint density at radius 3 is 2.87 bits per heavy atom. The van der Waals surface area contributed by atoms with Crippen LogP contribution in [-0.2, 0) is 25.7 Å². The average Bonchev–Trinajstić information content (AvgIpc) is 3.34. The molecule has 2 atom stereocenters. The van der Waals surface area contributed by atoms with Gasteiger partial charge in [0.1, 0.15) is 12.3 Å². The maximum atomic E-state index is 12.4. The van der Waals surface area contributed by atoms with Gasteiger partial charge in [0, 0.05) is 12.8 Å². The molecule has 1 aromatic heterocycles. The Balaban J connectivity index is 1.82. The number of ether oxygens (including phenoxy) is 2. The minimum absolute atomic E-state index is 0.0791. The monoisotopic (exact) mass is 357 g/mol. The predicted molar refractivity (Wildman–Crippen MR) is 84.5 cm³/mol. The Kier molecular flexibility index (Phi) is 3.58. The van der Waals surface area contributed by atoms with Gasteiger partial charge in [0.05, 0.1) is 35.5 Å². The van der Waals surface area contributed by atoms with E-state index in [0.717, 1.165) is 0 Å². The van der Waals surface area contributed by atoms with E-state index in [4.69, 9.17) is 21.1 Å². The highest BCUT2D eigenvalue weighted by atomic mass is 35.5. The molecule has 0 radical (unpaired) electrons. The van der Waals surface area contributed by atoms with Crippen LogP contribution in [0.3, 0.4) is 0 Å². The Hall–Kier alpha value is -1.25. The summed E-state index contributed by atoms with van der Waals surface area (Å²) in [7, 11) is -1.56. The van der Waals surface area contributed by atoms with Gasteiger partial charge in [-0.2, -0.15) is 4.98 Å². The molecule has 9 heteroatoms. The summed E-state index contributed by atoms with van der Waals surface area (Å²) >= 11 is 6.11. The highest BCUT2D eigenvalue weighted by Crippen LogP contribution is 2.54. The van der Waals surface area contributed by atoms with Crippen molar-refractivity contribution in [3.63, 3.8) is 0 Å². The standard InChI is InChI=1S/C14H16ClN3O4S/c1-23(20)12(19)14(2-3-14)10-9-11(17-13(15)16-10)18-4-5-21-6-8(18)7-22-9/h8H,2-7H2,1H3. The molecule has 3 heterocycles. The number of hydrogen-bond acceptors (Lipinski definition) is 7. The number of morpholine rings is 1. The van der Waals surface area contributed by atoms with Crippen molar-refractivity contribution in [2.45, 2.75) is 24.3 Å². The molecular formula is C14H16ClN3O4S. The van der Waals surface area contributed by atoms with Crippen molar-refractivity contribution >= 4 is 33.3 Å². The summed E-state index contributed by atoms with van der Waals surface area (Å²) in [6.45, 7) is 2.31. The minimum atomic E-state index is -1.56. The Bertz CT molecular complexity index is 710. The Morgan fingerprint density at radius 1 is 1.39 bits per heavy atom. The summed E-state index contributed by atoms with van der Waals surface area (Å²) in [5.74, 6) is 1.12. The van der Waals surface area contributed by atoms with Gasteiger partial charge in [0.2, 0.25) is 10.4 Å². The third-order valence-electron chi connectivity index (χ3n) is 4.60. The molecule has 0 N–H and O–H groups in total. The zero-order chi connectivity index (χ0) is 16.2. The number of fused-ring (bicyclic) bond motifs is 3. The van der Waals surface area contributed by atoms with E-state index >= 15 is 0 Å². The third kappa shape index (κ3) is 2.35. The molecule has 2 unspecified atom stereocenters. The SMILES string of the molecule is CS(=O)C(=O)C1(c2nc(Cl)nc3c2OCC2COCCN32)CC1. The van der Waals surface area contributed by atoms with Crippen molar-refractivity contribution in [1.82, 2.24) is 9.97 Å². The van der Waals surface area contributed by atoms with Crippen molar-refractivity contribution in [2.24, 2.45) is 0 Å². The van der Waals surface area contributed by atoms with Crippen LogP contribution in [0.2, 0.25) is 5.28 Å². The molecule has 2 aliphatic heterocycles. The second-order valence-corrected chi connectivity index (χ2v) is 7.67. The van der Waals surface area contributed by atoms with Crippen LogP contribution in [0.5, 0.6) is 5.75 Å². The van der Waals surface area contributed by atoms with Crippen LogP contribution in [-0.4, -0.2) is 58.0 Å². The molecule has 1 aromatic rings. The zero-order valence-corrected chi connectivity index (χ0v) is 14.2. The van der Waals surface area contributed by atoms with Gasteiger partial charge in [0.15, 0.2) is 11.6 Å². The molecular weight excluding hydrogens is 342 g/mol. The summed E-state index contributed by atoms with van der Waals surface area (Å²) in [5.41, 5.74) is -0.354. The van der Waals surface area contributed by atoms with Crippen LogP contribution < -0.4 is 9.64 Å². The van der Waals surface area contributed by atoms with Gasteiger partial charge in [0.25, 0.3) is 0 Å². The fraction of sp³-hybridized carbons (Fsp3) is 0.643. The first kappa shape index (κ1) is 15.3. The van der Waals surface area contributed by atoms with Crippen molar-refractivity contribution < 1.29 is 18.5 Å². The number of halogens is 1. The predicted octanol–water partition coefficient (Wildman–Crippen LogP) is 0.664. The molecule has 4 rings (SSSR count). The van der Waals surface area contributed by atoms with Gasteiger partial charge < -0.3 is 14.4 Å². The summed E-state index contributed by atoms with van der Waals surface area (Å²) in [4.78, 5) is 23.1. The fourth-order valence-corrected chi connectivity index (χ4v) is 4.27. The molecule has 1 saturated carbocycles. The highest BCUT2D eigenvalue weighted by molar-refractivity contribution is 7.99. The molecule has 124 valence electrons. The lowest BCUT2D eigenvalue weighted by Gasteiger charge is -2.41. The summed E-state index contributed by atoms with van der Waals surface area (Å²) in [6.07, 6.45) is 2.62. The van der Waals surface area contributed by atoms with E-state index in [-0.39, 0.29) is 16.4 Å². The van der Waals surface area contributed by atoms with E-state index in [0.29, 0.717) is 56.5 Å². The summed E-state index contributed by atoms with van der Waals surface area (Å²) in [5, 5.41) is -0.238. The maximum absolute atomic E-state index is 12.4. The largest absolute Gasteiger partial charge is 0.486 e. The smallest absolute Gasteiger partial charge is 0.230 e. The highest BCUT2D eigenvalue weighted by Gasteiger charge is 2.56. The molecule has 1 saturated heterocycles. The molecule has 0 bridgehead atoms. The van der Waals surface area contributed by atoms with Crippen molar-refractivity contribution in [3.05, 3.63) is 11.0 Å². The number of aromatic nitrogens is 2. The Morgan fingerprint density at radius 2 is 2.17 bits per heavy atom. The molecule has 0 amide bonds. The zero-order valence-electron chi connectivity index (χ0n) is 12.6. The lowest BCUT2D eigenvalue weighted by atomic mass is 10.0. The fourth-order valence-electron chi connectivity index (χ4n) is 3.25. The summed E-state index contributed by atoms with van der Waals surface area (Å²) in [6, 6.07) is 0.0845. The van der Waals surface area contributed by atoms with E-state index in [1.165, 1.54) is 6.26 Å². The number of hydrogen-bond donors (Lipinski definition) is 0. The Labute approximate surface area is 140 Å². The van der Waals surface area contributed by atoms with Crippen LogP contribution in [0.15, 0.2) is 0 Å². The van der Waals surface area contributed by atoms with Gasteiger partial charge in [-0.05, 0) is 24.4 Å². The molecule has 3 aliphatic rings.